The predicted molar refractivity (Wildman–Crippen MR) is 78.3 cm³/mol. The van der Waals surface area contributed by atoms with Crippen LogP contribution in [0.4, 0.5) is 0 Å². The van der Waals surface area contributed by atoms with Gasteiger partial charge in [-0.05, 0) is 34.6 Å². The highest BCUT2D eigenvalue weighted by atomic mass is 32.2. The Labute approximate surface area is 125 Å². The topological polar surface area (TPSA) is 86.4 Å². The maximum Gasteiger partial charge on any atom is 0.247 e. The molecule has 0 saturated carbocycles. The van der Waals surface area contributed by atoms with E-state index in [1.54, 1.807) is 18.7 Å². The number of carbonyl (C=O) groups excluding carboxylic acids is 1. The van der Waals surface area contributed by atoms with Crippen LogP contribution in [0.2, 0.25) is 0 Å². The molecule has 0 aromatic carbocycles. The van der Waals surface area contributed by atoms with Crippen molar-refractivity contribution < 1.29 is 13.2 Å². The molecule has 118 valence electrons. The Hall–Kier alpha value is -1.41. The SMILES string of the molecule is Cc1n[nH]c(C)c1S(=O)(=O)N1CCN(C(C)(C)C)C(=O)C1. The number of aromatic nitrogens is 2. The Morgan fingerprint density at radius 1 is 1.19 bits per heavy atom. The second-order valence-electron chi connectivity index (χ2n) is 6.32. The molecule has 1 N–H and O–H groups in total. The van der Waals surface area contributed by atoms with Crippen molar-refractivity contribution in [2.75, 3.05) is 19.6 Å². The van der Waals surface area contributed by atoms with Crippen LogP contribution in [-0.2, 0) is 14.8 Å². The van der Waals surface area contributed by atoms with E-state index in [2.05, 4.69) is 10.2 Å². The molecule has 1 aromatic rings. The highest BCUT2D eigenvalue weighted by molar-refractivity contribution is 7.89. The third kappa shape index (κ3) is 2.82. The molecular weight excluding hydrogens is 292 g/mol. The molecule has 0 atom stereocenters. The molecule has 21 heavy (non-hydrogen) atoms. The van der Waals surface area contributed by atoms with Gasteiger partial charge in [-0.25, -0.2) is 8.42 Å². The van der Waals surface area contributed by atoms with E-state index in [0.717, 1.165) is 0 Å². The minimum atomic E-state index is -3.69. The first-order valence-electron chi connectivity index (χ1n) is 6.87. The van der Waals surface area contributed by atoms with E-state index in [9.17, 15) is 13.2 Å². The lowest BCUT2D eigenvalue weighted by atomic mass is 10.1. The number of hydrogen-bond donors (Lipinski definition) is 1. The van der Waals surface area contributed by atoms with Crippen molar-refractivity contribution in [1.82, 2.24) is 19.4 Å². The van der Waals surface area contributed by atoms with Crippen molar-refractivity contribution in [2.45, 2.75) is 45.1 Å². The molecule has 1 aliphatic heterocycles. The Balaban J connectivity index is 2.28. The average Bonchev–Trinajstić information content (AvgIpc) is 2.67. The summed E-state index contributed by atoms with van der Waals surface area (Å²) in [4.78, 5) is 14.1. The van der Waals surface area contributed by atoms with E-state index in [4.69, 9.17) is 0 Å². The molecule has 0 bridgehead atoms. The monoisotopic (exact) mass is 314 g/mol. The Kier molecular flexibility index (Phi) is 3.88. The summed E-state index contributed by atoms with van der Waals surface area (Å²) < 4.78 is 26.6. The summed E-state index contributed by atoms with van der Waals surface area (Å²) in [5, 5.41) is 6.60. The minimum absolute atomic E-state index is 0.121. The smallest absolute Gasteiger partial charge is 0.247 e. The van der Waals surface area contributed by atoms with Crippen molar-refractivity contribution >= 4 is 15.9 Å². The van der Waals surface area contributed by atoms with E-state index in [1.165, 1.54) is 4.31 Å². The molecule has 2 heterocycles. The summed E-state index contributed by atoms with van der Waals surface area (Å²) in [6.07, 6.45) is 0. The highest BCUT2D eigenvalue weighted by Crippen LogP contribution is 2.25. The van der Waals surface area contributed by atoms with Crippen LogP contribution in [0, 0.1) is 13.8 Å². The number of nitrogens with one attached hydrogen (secondary N) is 1. The molecule has 0 radical (unpaired) electrons. The van der Waals surface area contributed by atoms with Crippen molar-refractivity contribution in [3.05, 3.63) is 11.4 Å². The van der Waals surface area contributed by atoms with Crippen LogP contribution in [0.3, 0.4) is 0 Å². The van der Waals surface area contributed by atoms with Gasteiger partial charge in [0.1, 0.15) is 4.90 Å². The third-order valence-electron chi connectivity index (χ3n) is 3.65. The van der Waals surface area contributed by atoms with E-state index in [1.807, 2.05) is 20.8 Å². The van der Waals surface area contributed by atoms with Crippen LogP contribution in [0.25, 0.3) is 0 Å². The van der Waals surface area contributed by atoms with Crippen LogP contribution in [0.15, 0.2) is 4.90 Å². The average molecular weight is 314 g/mol. The van der Waals surface area contributed by atoms with E-state index >= 15 is 0 Å². The summed E-state index contributed by atoms with van der Waals surface area (Å²) in [6, 6.07) is 0. The number of amides is 1. The largest absolute Gasteiger partial charge is 0.335 e. The number of aryl methyl sites for hydroxylation is 2. The molecule has 7 nitrogen and oxygen atoms in total. The molecular formula is C13H22N4O3S. The summed E-state index contributed by atoms with van der Waals surface area (Å²) >= 11 is 0. The first kappa shape index (κ1) is 16.0. The first-order chi connectivity index (χ1) is 9.55. The van der Waals surface area contributed by atoms with Gasteiger partial charge in [-0.15, -0.1) is 0 Å². The maximum absolute atomic E-state index is 12.7. The number of sulfonamides is 1. The van der Waals surface area contributed by atoms with Crippen LogP contribution in [0.1, 0.15) is 32.2 Å². The molecule has 1 aliphatic rings. The Bertz CT molecular complexity index is 638. The number of rotatable bonds is 2. The van der Waals surface area contributed by atoms with E-state index < -0.39 is 10.0 Å². The normalized spacial score (nSPS) is 18.3. The van der Waals surface area contributed by atoms with Gasteiger partial charge in [0, 0.05) is 18.6 Å². The van der Waals surface area contributed by atoms with E-state index in [0.29, 0.717) is 24.5 Å². The number of hydrogen-bond acceptors (Lipinski definition) is 4. The summed E-state index contributed by atoms with van der Waals surface area (Å²) in [7, 11) is -3.69. The quantitative estimate of drug-likeness (QED) is 0.869. The molecule has 1 amide bonds. The lowest BCUT2D eigenvalue weighted by molar-refractivity contribution is -0.139. The summed E-state index contributed by atoms with van der Waals surface area (Å²) in [5.74, 6) is -0.170. The van der Waals surface area contributed by atoms with Gasteiger partial charge >= 0.3 is 0 Å². The van der Waals surface area contributed by atoms with Gasteiger partial charge in [0.2, 0.25) is 15.9 Å². The van der Waals surface area contributed by atoms with Gasteiger partial charge in [0.25, 0.3) is 0 Å². The predicted octanol–water partition coefficient (Wildman–Crippen LogP) is 0.658. The fraction of sp³-hybridized carbons (Fsp3) is 0.692. The first-order valence-corrected chi connectivity index (χ1v) is 8.31. The molecule has 8 heteroatoms. The van der Waals surface area contributed by atoms with Crippen molar-refractivity contribution in [2.24, 2.45) is 0 Å². The van der Waals surface area contributed by atoms with Gasteiger partial charge < -0.3 is 4.90 Å². The summed E-state index contributed by atoms with van der Waals surface area (Å²) in [6.45, 7) is 9.72. The number of aromatic amines is 1. The fourth-order valence-corrected chi connectivity index (χ4v) is 4.33. The zero-order valence-corrected chi connectivity index (χ0v) is 13.9. The van der Waals surface area contributed by atoms with Gasteiger partial charge in [-0.3, -0.25) is 9.89 Å². The minimum Gasteiger partial charge on any atom is -0.335 e. The fourth-order valence-electron chi connectivity index (χ4n) is 2.62. The zero-order valence-electron chi connectivity index (χ0n) is 13.1. The van der Waals surface area contributed by atoms with Crippen LogP contribution < -0.4 is 0 Å². The van der Waals surface area contributed by atoms with Gasteiger partial charge in [0.15, 0.2) is 0 Å². The number of carbonyl (C=O) groups is 1. The summed E-state index contributed by atoms with van der Waals surface area (Å²) in [5.41, 5.74) is 0.630. The highest BCUT2D eigenvalue weighted by Gasteiger charge is 2.38. The number of piperazine rings is 1. The number of nitrogens with zero attached hydrogens (tertiary/aromatic N) is 3. The standard InChI is InChI=1S/C13H22N4O3S/c1-9-12(10(2)15-14-9)21(19,20)16-6-7-17(11(18)8-16)13(3,4)5/h6-8H2,1-5H3,(H,14,15). The second-order valence-corrected chi connectivity index (χ2v) is 8.19. The van der Waals surface area contributed by atoms with Crippen molar-refractivity contribution in [3.63, 3.8) is 0 Å². The second kappa shape index (κ2) is 5.10. The zero-order chi connectivity index (χ0) is 16.0. The van der Waals surface area contributed by atoms with Gasteiger partial charge in [-0.1, -0.05) is 0 Å². The van der Waals surface area contributed by atoms with Crippen LogP contribution in [-0.4, -0.2) is 58.9 Å². The van der Waals surface area contributed by atoms with Crippen molar-refractivity contribution in [3.8, 4) is 0 Å². The lowest BCUT2D eigenvalue weighted by Crippen LogP contribution is -2.57. The molecule has 1 fully saturated rings. The van der Waals surface area contributed by atoms with Crippen LogP contribution in [0.5, 0.6) is 0 Å². The molecule has 0 unspecified atom stereocenters. The molecule has 1 aromatic heterocycles. The molecule has 0 aliphatic carbocycles. The van der Waals surface area contributed by atoms with Crippen LogP contribution >= 0.6 is 0 Å². The molecule has 1 saturated heterocycles. The molecule has 2 rings (SSSR count). The van der Waals surface area contributed by atoms with Gasteiger partial charge in [0.05, 0.1) is 17.9 Å². The third-order valence-corrected chi connectivity index (χ3v) is 5.76. The molecule has 0 spiro atoms. The maximum atomic E-state index is 12.7. The van der Waals surface area contributed by atoms with Gasteiger partial charge in [-0.2, -0.15) is 9.40 Å². The lowest BCUT2D eigenvalue weighted by Gasteiger charge is -2.41. The Morgan fingerprint density at radius 3 is 2.24 bits per heavy atom. The van der Waals surface area contributed by atoms with E-state index in [-0.39, 0.29) is 22.9 Å². The van der Waals surface area contributed by atoms with Crippen molar-refractivity contribution in [1.29, 1.82) is 0 Å². The number of H-pyrrole nitrogens is 1. The Morgan fingerprint density at radius 2 is 1.81 bits per heavy atom.